The number of phenols is 1. The Morgan fingerprint density at radius 3 is 2.28 bits per heavy atom. The van der Waals surface area contributed by atoms with Crippen LogP contribution in [-0.4, -0.2) is 34.6 Å². The monoisotopic (exact) mass is 357 g/mol. The third-order valence-electron chi connectivity index (χ3n) is 5.52. The van der Waals surface area contributed by atoms with E-state index in [0.29, 0.717) is 36.8 Å². The summed E-state index contributed by atoms with van der Waals surface area (Å²) in [6, 6.07) is 17.4. The van der Waals surface area contributed by atoms with Gasteiger partial charge < -0.3 is 5.11 Å². The summed E-state index contributed by atoms with van der Waals surface area (Å²) in [5.41, 5.74) is 0.0945. The summed E-state index contributed by atoms with van der Waals surface area (Å²) in [5, 5.41) is 9.34. The van der Waals surface area contributed by atoms with Gasteiger partial charge in [0.1, 0.15) is 11.4 Å². The maximum atomic E-state index is 15.3. The molecule has 1 aliphatic heterocycles. The van der Waals surface area contributed by atoms with Gasteiger partial charge in [-0.15, -0.1) is 11.8 Å². The van der Waals surface area contributed by atoms with E-state index in [-0.39, 0.29) is 0 Å². The number of nitrogens with zero attached hydrogens (tertiary/aromatic N) is 1. The molecule has 2 aromatic rings. The highest BCUT2D eigenvalue weighted by Gasteiger charge is 2.49. The molecule has 4 rings (SSSR count). The summed E-state index contributed by atoms with van der Waals surface area (Å²) in [5.74, 6) is 2.23. The van der Waals surface area contributed by atoms with E-state index in [1.54, 1.807) is 23.9 Å². The molecule has 1 heterocycles. The summed E-state index contributed by atoms with van der Waals surface area (Å²) in [6.07, 6.45) is 1.96. The highest BCUT2D eigenvalue weighted by Crippen LogP contribution is 2.47. The van der Waals surface area contributed by atoms with E-state index in [2.05, 4.69) is 4.90 Å². The SMILES string of the molecule is Oc1ccc(SCN2C[C@@H]3CC(F)(Cc4ccccc4)C[C@@H]3C2)cc1. The van der Waals surface area contributed by atoms with Crippen LogP contribution in [0.2, 0.25) is 0 Å². The zero-order valence-corrected chi connectivity index (χ0v) is 15.1. The molecule has 1 saturated carbocycles. The number of hydrogen-bond donors (Lipinski definition) is 1. The number of phenolic OH excluding ortho intramolecular Hbond substituents is 1. The van der Waals surface area contributed by atoms with Crippen molar-refractivity contribution in [2.24, 2.45) is 11.8 Å². The molecule has 25 heavy (non-hydrogen) atoms. The van der Waals surface area contributed by atoms with E-state index in [9.17, 15) is 5.11 Å². The maximum Gasteiger partial charge on any atom is 0.115 e. The van der Waals surface area contributed by atoms with Crippen LogP contribution in [0.15, 0.2) is 59.5 Å². The number of likely N-dealkylation sites (tertiary alicyclic amines) is 1. The average Bonchev–Trinajstić information content (AvgIpc) is 3.09. The van der Waals surface area contributed by atoms with Gasteiger partial charge in [-0.05, 0) is 54.5 Å². The first kappa shape index (κ1) is 16.9. The van der Waals surface area contributed by atoms with E-state index >= 15 is 4.39 Å². The molecule has 0 radical (unpaired) electrons. The smallest absolute Gasteiger partial charge is 0.115 e. The molecule has 0 amide bonds. The highest BCUT2D eigenvalue weighted by molar-refractivity contribution is 7.99. The quantitative estimate of drug-likeness (QED) is 0.782. The first-order valence-electron chi connectivity index (χ1n) is 8.97. The molecule has 3 atom stereocenters. The third-order valence-corrected chi connectivity index (χ3v) is 6.62. The van der Waals surface area contributed by atoms with Gasteiger partial charge in [-0.1, -0.05) is 30.3 Å². The Kier molecular flexibility index (Phi) is 4.74. The molecule has 2 nitrogen and oxygen atoms in total. The Bertz CT molecular complexity index is 692. The fraction of sp³-hybridized carbons (Fsp3) is 0.429. The van der Waals surface area contributed by atoms with Crippen molar-refractivity contribution in [3.05, 3.63) is 60.2 Å². The predicted molar refractivity (Wildman–Crippen MR) is 101 cm³/mol. The van der Waals surface area contributed by atoms with Crippen molar-refractivity contribution in [1.29, 1.82) is 0 Å². The van der Waals surface area contributed by atoms with Crippen molar-refractivity contribution >= 4 is 11.8 Å². The minimum Gasteiger partial charge on any atom is -0.508 e. The van der Waals surface area contributed by atoms with Gasteiger partial charge in [0.05, 0.1) is 0 Å². The van der Waals surface area contributed by atoms with E-state index in [1.165, 1.54) is 4.90 Å². The van der Waals surface area contributed by atoms with Crippen molar-refractivity contribution in [2.45, 2.75) is 29.8 Å². The lowest BCUT2D eigenvalue weighted by molar-refractivity contribution is 0.150. The fourth-order valence-electron chi connectivity index (χ4n) is 4.44. The highest BCUT2D eigenvalue weighted by atomic mass is 32.2. The molecule has 1 unspecified atom stereocenters. The van der Waals surface area contributed by atoms with Crippen molar-refractivity contribution in [1.82, 2.24) is 4.90 Å². The van der Waals surface area contributed by atoms with Gasteiger partial charge in [-0.25, -0.2) is 4.39 Å². The molecule has 2 fully saturated rings. The van der Waals surface area contributed by atoms with Gasteiger partial charge in [-0.3, -0.25) is 4.90 Å². The summed E-state index contributed by atoms with van der Waals surface area (Å²) in [4.78, 5) is 3.62. The van der Waals surface area contributed by atoms with E-state index in [1.807, 2.05) is 42.5 Å². The van der Waals surface area contributed by atoms with Crippen molar-refractivity contribution in [3.63, 3.8) is 0 Å². The molecule has 1 N–H and O–H groups in total. The Hall–Kier alpha value is -1.52. The molecule has 2 aromatic carbocycles. The minimum atomic E-state index is -1.02. The number of rotatable bonds is 5. The molecule has 0 spiro atoms. The van der Waals surface area contributed by atoms with Crippen molar-refractivity contribution in [3.8, 4) is 5.75 Å². The van der Waals surface area contributed by atoms with Gasteiger partial charge in [0.25, 0.3) is 0 Å². The number of halogens is 1. The molecule has 0 bridgehead atoms. The van der Waals surface area contributed by atoms with Crippen LogP contribution in [0, 0.1) is 11.8 Å². The second-order valence-electron chi connectivity index (χ2n) is 7.54. The largest absolute Gasteiger partial charge is 0.508 e. The number of benzene rings is 2. The molecule has 4 heteroatoms. The van der Waals surface area contributed by atoms with Crippen LogP contribution in [-0.2, 0) is 6.42 Å². The maximum absolute atomic E-state index is 15.3. The minimum absolute atomic E-state index is 0.303. The predicted octanol–water partition coefficient (Wildman–Crippen LogP) is 4.73. The van der Waals surface area contributed by atoms with E-state index < -0.39 is 5.67 Å². The van der Waals surface area contributed by atoms with Crippen LogP contribution in [0.4, 0.5) is 4.39 Å². The van der Waals surface area contributed by atoms with Crippen LogP contribution in [0.1, 0.15) is 18.4 Å². The Morgan fingerprint density at radius 2 is 1.64 bits per heavy atom. The standard InChI is InChI=1S/C21H24FNOS/c22-21(10-16-4-2-1-3-5-16)11-17-13-23(14-18(17)12-21)15-25-20-8-6-19(24)7-9-20/h1-9,17-18,24H,10-15H2/t17-,18+,21?. The van der Waals surface area contributed by atoms with Gasteiger partial charge in [0.15, 0.2) is 0 Å². The Balaban J connectivity index is 1.29. The lowest BCUT2D eigenvalue weighted by atomic mass is 9.93. The lowest BCUT2D eigenvalue weighted by Crippen LogP contribution is -2.28. The zero-order chi connectivity index (χ0) is 17.3. The van der Waals surface area contributed by atoms with Crippen LogP contribution >= 0.6 is 11.8 Å². The first-order chi connectivity index (χ1) is 12.1. The molecule has 0 aromatic heterocycles. The topological polar surface area (TPSA) is 23.5 Å². The summed E-state index contributed by atoms with van der Waals surface area (Å²) >= 11 is 1.79. The van der Waals surface area contributed by atoms with Gasteiger partial charge >= 0.3 is 0 Å². The van der Waals surface area contributed by atoms with Crippen molar-refractivity contribution in [2.75, 3.05) is 19.0 Å². The number of hydrogen-bond acceptors (Lipinski definition) is 3. The van der Waals surface area contributed by atoms with Gasteiger partial charge in [-0.2, -0.15) is 0 Å². The second kappa shape index (κ2) is 7.00. The average molecular weight is 357 g/mol. The van der Waals surface area contributed by atoms with Crippen LogP contribution in [0.3, 0.4) is 0 Å². The first-order valence-corrected chi connectivity index (χ1v) is 9.95. The van der Waals surface area contributed by atoms with Crippen LogP contribution in [0.5, 0.6) is 5.75 Å². The van der Waals surface area contributed by atoms with Crippen LogP contribution < -0.4 is 0 Å². The summed E-state index contributed by atoms with van der Waals surface area (Å²) < 4.78 is 15.3. The van der Waals surface area contributed by atoms with E-state index in [0.717, 1.165) is 24.5 Å². The molecule has 1 saturated heterocycles. The Morgan fingerprint density at radius 1 is 1.00 bits per heavy atom. The normalized spacial score (nSPS) is 29.0. The fourth-order valence-corrected chi connectivity index (χ4v) is 5.31. The van der Waals surface area contributed by atoms with Gasteiger partial charge in [0, 0.05) is 30.3 Å². The summed E-state index contributed by atoms with van der Waals surface area (Å²) in [7, 11) is 0. The van der Waals surface area contributed by atoms with E-state index in [4.69, 9.17) is 0 Å². The Labute approximate surface area is 153 Å². The molecular formula is C21H24FNOS. The van der Waals surface area contributed by atoms with Crippen LogP contribution in [0.25, 0.3) is 0 Å². The van der Waals surface area contributed by atoms with Crippen molar-refractivity contribution < 1.29 is 9.50 Å². The molecular weight excluding hydrogens is 333 g/mol. The lowest BCUT2D eigenvalue weighted by Gasteiger charge is -2.23. The second-order valence-corrected chi connectivity index (χ2v) is 8.56. The molecule has 1 aliphatic carbocycles. The summed E-state index contributed by atoms with van der Waals surface area (Å²) in [6.45, 7) is 2.02. The molecule has 2 aliphatic rings. The zero-order valence-electron chi connectivity index (χ0n) is 14.3. The molecule has 132 valence electrons. The van der Waals surface area contributed by atoms with Gasteiger partial charge in [0.2, 0.25) is 0 Å². The number of fused-ring (bicyclic) bond motifs is 1. The number of alkyl halides is 1. The number of aromatic hydroxyl groups is 1. The third kappa shape index (κ3) is 4.01. The number of thioether (sulfide) groups is 1.